The summed E-state index contributed by atoms with van der Waals surface area (Å²) in [5, 5.41) is 0. The van der Waals surface area contributed by atoms with Gasteiger partial charge in [-0.15, -0.1) is 0 Å². The minimum atomic E-state index is 0.374. The van der Waals surface area contributed by atoms with Crippen molar-refractivity contribution in [3.63, 3.8) is 0 Å². The first kappa shape index (κ1) is 12.9. The Morgan fingerprint density at radius 3 is 2.89 bits per heavy atom. The average Bonchev–Trinajstić information content (AvgIpc) is 2.89. The van der Waals surface area contributed by atoms with E-state index in [4.69, 9.17) is 10.5 Å². The van der Waals surface area contributed by atoms with Crippen molar-refractivity contribution in [2.24, 2.45) is 11.7 Å². The lowest BCUT2D eigenvalue weighted by Crippen LogP contribution is -2.39. The van der Waals surface area contributed by atoms with Crippen molar-refractivity contribution in [2.45, 2.75) is 32.2 Å². The molecule has 3 nitrogen and oxygen atoms in total. The van der Waals surface area contributed by atoms with Crippen LogP contribution in [0.25, 0.3) is 0 Å². The minimum absolute atomic E-state index is 0.374. The van der Waals surface area contributed by atoms with Crippen LogP contribution in [0.4, 0.5) is 0 Å². The average molecular weight is 260 g/mol. The number of rotatable bonds is 3. The van der Waals surface area contributed by atoms with Gasteiger partial charge in [0.25, 0.3) is 0 Å². The SMILES string of the molecule is CC1CCN(C(CN)c2ccc3c(c2)CCO3)CC1. The van der Waals surface area contributed by atoms with E-state index in [0.29, 0.717) is 12.6 Å². The Labute approximate surface area is 115 Å². The van der Waals surface area contributed by atoms with Gasteiger partial charge in [-0.3, -0.25) is 4.90 Å². The molecule has 1 unspecified atom stereocenters. The number of nitrogens with zero attached hydrogens (tertiary/aromatic N) is 1. The van der Waals surface area contributed by atoms with E-state index in [0.717, 1.165) is 24.7 Å². The Hall–Kier alpha value is -1.06. The second-order valence-corrected chi connectivity index (χ2v) is 5.94. The summed E-state index contributed by atoms with van der Waals surface area (Å²) in [6, 6.07) is 6.99. The largest absolute Gasteiger partial charge is 0.493 e. The summed E-state index contributed by atoms with van der Waals surface area (Å²) in [4.78, 5) is 2.55. The normalized spacial score (nSPS) is 22.0. The van der Waals surface area contributed by atoms with Gasteiger partial charge in [-0.25, -0.2) is 0 Å². The first-order valence-corrected chi connectivity index (χ1v) is 7.47. The van der Waals surface area contributed by atoms with Crippen molar-refractivity contribution >= 4 is 0 Å². The van der Waals surface area contributed by atoms with Crippen LogP contribution in [0, 0.1) is 5.92 Å². The van der Waals surface area contributed by atoms with E-state index in [2.05, 4.69) is 30.0 Å². The lowest BCUT2D eigenvalue weighted by Gasteiger charge is -2.36. The van der Waals surface area contributed by atoms with Crippen molar-refractivity contribution < 1.29 is 4.74 Å². The highest BCUT2D eigenvalue weighted by Gasteiger charge is 2.24. The molecule has 0 spiro atoms. The monoisotopic (exact) mass is 260 g/mol. The van der Waals surface area contributed by atoms with E-state index in [-0.39, 0.29) is 0 Å². The van der Waals surface area contributed by atoms with Crippen molar-refractivity contribution in [3.05, 3.63) is 29.3 Å². The number of benzene rings is 1. The smallest absolute Gasteiger partial charge is 0.122 e. The van der Waals surface area contributed by atoms with Gasteiger partial charge < -0.3 is 10.5 Å². The molecular weight excluding hydrogens is 236 g/mol. The maximum absolute atomic E-state index is 6.04. The summed E-state index contributed by atoms with van der Waals surface area (Å²) >= 11 is 0. The van der Waals surface area contributed by atoms with Crippen LogP contribution in [0.1, 0.15) is 36.9 Å². The van der Waals surface area contributed by atoms with Crippen molar-refractivity contribution in [3.8, 4) is 5.75 Å². The third kappa shape index (κ3) is 2.63. The van der Waals surface area contributed by atoms with E-state index in [1.165, 1.54) is 37.1 Å². The summed E-state index contributed by atoms with van der Waals surface area (Å²) in [5.41, 5.74) is 8.75. The zero-order valence-electron chi connectivity index (χ0n) is 11.8. The van der Waals surface area contributed by atoms with Crippen LogP contribution in [0.5, 0.6) is 5.75 Å². The maximum Gasteiger partial charge on any atom is 0.122 e. The van der Waals surface area contributed by atoms with Crippen LogP contribution in [0.15, 0.2) is 18.2 Å². The Kier molecular flexibility index (Phi) is 3.76. The first-order chi connectivity index (χ1) is 9.28. The zero-order valence-corrected chi connectivity index (χ0v) is 11.8. The van der Waals surface area contributed by atoms with Gasteiger partial charge in [0.1, 0.15) is 5.75 Å². The number of piperidine rings is 1. The molecule has 2 heterocycles. The second kappa shape index (κ2) is 5.51. The van der Waals surface area contributed by atoms with Crippen LogP contribution in [0.2, 0.25) is 0 Å². The van der Waals surface area contributed by atoms with E-state index in [9.17, 15) is 0 Å². The molecule has 0 aromatic heterocycles. The summed E-state index contributed by atoms with van der Waals surface area (Å²) < 4.78 is 5.58. The molecule has 0 saturated carbocycles. The van der Waals surface area contributed by atoms with E-state index in [1.807, 2.05) is 0 Å². The summed E-state index contributed by atoms with van der Waals surface area (Å²) in [6.45, 7) is 6.23. The molecule has 1 fully saturated rings. The Morgan fingerprint density at radius 1 is 1.37 bits per heavy atom. The van der Waals surface area contributed by atoms with E-state index < -0.39 is 0 Å². The molecule has 1 saturated heterocycles. The molecule has 2 N–H and O–H groups in total. The molecule has 1 atom stereocenters. The molecule has 0 radical (unpaired) electrons. The molecule has 0 aliphatic carbocycles. The minimum Gasteiger partial charge on any atom is -0.493 e. The second-order valence-electron chi connectivity index (χ2n) is 5.94. The molecule has 104 valence electrons. The van der Waals surface area contributed by atoms with Crippen molar-refractivity contribution in [1.29, 1.82) is 0 Å². The highest BCUT2D eigenvalue weighted by molar-refractivity contribution is 5.41. The fourth-order valence-corrected chi connectivity index (χ4v) is 3.25. The number of hydrogen-bond acceptors (Lipinski definition) is 3. The van der Waals surface area contributed by atoms with Gasteiger partial charge in [-0.1, -0.05) is 19.1 Å². The van der Waals surface area contributed by atoms with Gasteiger partial charge >= 0.3 is 0 Å². The zero-order chi connectivity index (χ0) is 13.2. The lowest BCUT2D eigenvalue weighted by atomic mass is 9.95. The van der Waals surface area contributed by atoms with Gasteiger partial charge in [0, 0.05) is 19.0 Å². The highest BCUT2D eigenvalue weighted by atomic mass is 16.5. The molecule has 0 amide bonds. The fraction of sp³-hybridized carbons (Fsp3) is 0.625. The van der Waals surface area contributed by atoms with Crippen LogP contribution in [-0.4, -0.2) is 31.1 Å². The maximum atomic E-state index is 6.04. The van der Waals surface area contributed by atoms with Crippen LogP contribution in [0.3, 0.4) is 0 Å². The number of hydrogen-bond donors (Lipinski definition) is 1. The Balaban J connectivity index is 1.78. The number of ether oxygens (including phenoxy) is 1. The molecule has 1 aromatic rings. The van der Waals surface area contributed by atoms with Crippen LogP contribution in [-0.2, 0) is 6.42 Å². The van der Waals surface area contributed by atoms with Crippen LogP contribution >= 0.6 is 0 Å². The number of likely N-dealkylation sites (tertiary alicyclic amines) is 1. The van der Waals surface area contributed by atoms with Gasteiger partial charge in [0.2, 0.25) is 0 Å². The van der Waals surface area contributed by atoms with Crippen LogP contribution < -0.4 is 10.5 Å². The predicted octanol–water partition coefficient (Wildman–Crippen LogP) is 2.35. The molecular formula is C16H24N2O. The van der Waals surface area contributed by atoms with Gasteiger partial charge in [-0.05, 0) is 49.0 Å². The molecule has 2 aliphatic heterocycles. The molecule has 2 aliphatic rings. The third-order valence-corrected chi connectivity index (χ3v) is 4.58. The van der Waals surface area contributed by atoms with Gasteiger partial charge in [0.05, 0.1) is 6.61 Å². The molecule has 3 rings (SSSR count). The predicted molar refractivity (Wildman–Crippen MR) is 77.4 cm³/mol. The first-order valence-electron chi connectivity index (χ1n) is 7.47. The fourth-order valence-electron chi connectivity index (χ4n) is 3.25. The molecule has 1 aromatic carbocycles. The summed E-state index contributed by atoms with van der Waals surface area (Å²) in [6.07, 6.45) is 3.63. The standard InChI is InChI=1S/C16H24N2O/c1-12-4-7-18(8-5-12)15(11-17)13-2-3-16-14(10-13)6-9-19-16/h2-3,10,12,15H,4-9,11,17H2,1H3. The van der Waals surface area contributed by atoms with E-state index in [1.54, 1.807) is 0 Å². The number of nitrogens with two attached hydrogens (primary N) is 1. The molecule has 0 bridgehead atoms. The Bertz CT molecular complexity index is 438. The highest BCUT2D eigenvalue weighted by Crippen LogP contribution is 2.31. The van der Waals surface area contributed by atoms with E-state index >= 15 is 0 Å². The summed E-state index contributed by atoms with van der Waals surface area (Å²) in [5.74, 6) is 1.93. The topological polar surface area (TPSA) is 38.5 Å². The number of fused-ring (bicyclic) bond motifs is 1. The van der Waals surface area contributed by atoms with Crippen molar-refractivity contribution in [2.75, 3.05) is 26.2 Å². The molecule has 19 heavy (non-hydrogen) atoms. The van der Waals surface area contributed by atoms with Crippen molar-refractivity contribution in [1.82, 2.24) is 4.90 Å². The molecule has 3 heteroatoms. The Morgan fingerprint density at radius 2 is 2.16 bits per heavy atom. The van der Waals surface area contributed by atoms with Gasteiger partial charge in [-0.2, -0.15) is 0 Å². The van der Waals surface area contributed by atoms with Gasteiger partial charge in [0.15, 0.2) is 0 Å². The lowest BCUT2D eigenvalue weighted by molar-refractivity contribution is 0.141. The third-order valence-electron chi connectivity index (χ3n) is 4.58. The quantitative estimate of drug-likeness (QED) is 0.906. The summed E-state index contributed by atoms with van der Waals surface area (Å²) in [7, 11) is 0.